The van der Waals surface area contributed by atoms with Gasteiger partial charge in [-0.3, -0.25) is 4.90 Å². The minimum atomic E-state index is -4.09. The molecule has 0 bridgehead atoms. The molecule has 0 heterocycles. The van der Waals surface area contributed by atoms with Crippen molar-refractivity contribution in [3.8, 4) is 6.07 Å². The van der Waals surface area contributed by atoms with Crippen LogP contribution in [0.2, 0.25) is 0 Å². The normalized spacial score (nSPS) is 19.2. The van der Waals surface area contributed by atoms with Crippen molar-refractivity contribution in [1.29, 1.82) is 5.26 Å². The number of nitriles is 1. The Labute approximate surface area is 191 Å². The number of nitrogens with zero attached hydrogens (tertiary/aromatic N) is 2. The third kappa shape index (κ3) is 7.67. The standard InChI is InChI=1S/C25H32F3N.C2H3N/c1-3-22(29(2)18-20-8-5-4-6-9-20)17-14-19-12-15-21(16-13-19)23-10-7-11-24(23)25(26,27)28;1-2-3/h4-6,8-9,12-13,15-16,22-24H,3,7,10-11,14,17-18H2,1-2H3;1H3. The number of hydrogen-bond acceptors (Lipinski definition) is 2. The Hall–Kier alpha value is -2.32. The van der Waals surface area contributed by atoms with E-state index in [0.717, 1.165) is 31.4 Å². The highest BCUT2D eigenvalue weighted by molar-refractivity contribution is 5.27. The molecule has 1 fully saturated rings. The molecule has 32 heavy (non-hydrogen) atoms. The number of halogens is 3. The van der Waals surface area contributed by atoms with Crippen molar-refractivity contribution in [3.05, 3.63) is 71.3 Å². The van der Waals surface area contributed by atoms with Crippen LogP contribution in [0, 0.1) is 17.2 Å². The van der Waals surface area contributed by atoms with Crippen LogP contribution < -0.4 is 0 Å². The lowest BCUT2D eigenvalue weighted by Gasteiger charge is -2.27. The molecule has 2 aromatic rings. The largest absolute Gasteiger partial charge is 0.392 e. The maximum atomic E-state index is 13.3. The van der Waals surface area contributed by atoms with E-state index >= 15 is 0 Å². The first-order chi connectivity index (χ1) is 15.3. The van der Waals surface area contributed by atoms with Crippen molar-refractivity contribution in [1.82, 2.24) is 4.90 Å². The zero-order valence-corrected chi connectivity index (χ0v) is 19.4. The SMILES string of the molecule is CC#N.CCC(CCc1ccc(C2CCCC2C(F)(F)F)cc1)N(C)Cc1ccccc1. The van der Waals surface area contributed by atoms with Crippen LogP contribution in [0.3, 0.4) is 0 Å². The van der Waals surface area contributed by atoms with E-state index in [9.17, 15) is 13.2 Å². The van der Waals surface area contributed by atoms with Crippen LogP contribution in [-0.2, 0) is 13.0 Å². The Balaban J connectivity index is 0.00000114. The van der Waals surface area contributed by atoms with Gasteiger partial charge in [-0.15, -0.1) is 0 Å². The number of aryl methyl sites for hydroxylation is 1. The maximum absolute atomic E-state index is 13.3. The van der Waals surface area contributed by atoms with Crippen molar-refractivity contribution < 1.29 is 13.2 Å². The van der Waals surface area contributed by atoms with Gasteiger partial charge in [0.05, 0.1) is 12.0 Å². The molecule has 1 aliphatic rings. The second-order valence-corrected chi connectivity index (χ2v) is 8.65. The molecule has 0 aliphatic heterocycles. The fraction of sp³-hybridized carbons (Fsp3) is 0.519. The van der Waals surface area contributed by atoms with Gasteiger partial charge in [-0.2, -0.15) is 18.4 Å². The van der Waals surface area contributed by atoms with Crippen LogP contribution in [0.4, 0.5) is 13.2 Å². The molecule has 5 heteroatoms. The zero-order valence-electron chi connectivity index (χ0n) is 19.4. The molecule has 0 amide bonds. The third-order valence-electron chi connectivity index (χ3n) is 6.48. The number of hydrogen-bond donors (Lipinski definition) is 0. The molecule has 0 spiro atoms. The van der Waals surface area contributed by atoms with Gasteiger partial charge in [0.25, 0.3) is 0 Å². The van der Waals surface area contributed by atoms with Crippen LogP contribution in [0.5, 0.6) is 0 Å². The lowest BCUT2D eigenvalue weighted by atomic mass is 9.87. The van der Waals surface area contributed by atoms with Crippen LogP contribution in [0.1, 0.15) is 68.6 Å². The lowest BCUT2D eigenvalue weighted by molar-refractivity contribution is -0.176. The van der Waals surface area contributed by atoms with Gasteiger partial charge < -0.3 is 0 Å². The summed E-state index contributed by atoms with van der Waals surface area (Å²) in [6, 6.07) is 20.6. The van der Waals surface area contributed by atoms with Crippen molar-refractivity contribution in [2.75, 3.05) is 7.05 Å². The highest BCUT2D eigenvalue weighted by Crippen LogP contribution is 2.48. The van der Waals surface area contributed by atoms with Crippen LogP contribution >= 0.6 is 0 Å². The average Bonchev–Trinajstić information content (AvgIpc) is 3.27. The summed E-state index contributed by atoms with van der Waals surface area (Å²) in [6.07, 6.45) is 0.573. The van der Waals surface area contributed by atoms with Gasteiger partial charge >= 0.3 is 6.18 Å². The molecule has 2 nitrogen and oxygen atoms in total. The van der Waals surface area contributed by atoms with E-state index in [1.807, 2.05) is 30.3 Å². The fourth-order valence-electron chi connectivity index (χ4n) is 4.75. The van der Waals surface area contributed by atoms with Gasteiger partial charge in [0.2, 0.25) is 0 Å². The molecule has 0 saturated heterocycles. The highest BCUT2D eigenvalue weighted by atomic mass is 19.4. The van der Waals surface area contributed by atoms with Gasteiger partial charge in [-0.05, 0) is 61.8 Å². The van der Waals surface area contributed by atoms with E-state index in [-0.39, 0.29) is 12.3 Å². The minimum absolute atomic E-state index is 0.266. The van der Waals surface area contributed by atoms with E-state index in [0.29, 0.717) is 18.9 Å². The molecular weight excluding hydrogens is 409 g/mol. The molecule has 3 atom stereocenters. The van der Waals surface area contributed by atoms with E-state index < -0.39 is 12.1 Å². The van der Waals surface area contributed by atoms with E-state index in [4.69, 9.17) is 5.26 Å². The molecule has 174 valence electrons. The molecule has 0 N–H and O–H groups in total. The summed E-state index contributed by atoms with van der Waals surface area (Å²) < 4.78 is 39.8. The Morgan fingerprint density at radius 1 is 1.03 bits per heavy atom. The minimum Gasteiger partial charge on any atom is -0.299 e. The first kappa shape index (κ1) is 25.9. The van der Waals surface area contributed by atoms with Gasteiger partial charge in [0.15, 0.2) is 0 Å². The predicted molar refractivity (Wildman–Crippen MR) is 124 cm³/mol. The van der Waals surface area contributed by atoms with E-state index in [1.54, 1.807) is 6.07 Å². The quantitative estimate of drug-likeness (QED) is 0.421. The maximum Gasteiger partial charge on any atom is 0.392 e. The van der Waals surface area contributed by atoms with Crippen molar-refractivity contribution in [2.45, 2.75) is 77.1 Å². The number of alkyl halides is 3. The van der Waals surface area contributed by atoms with E-state index in [2.05, 4.69) is 43.1 Å². The first-order valence-corrected chi connectivity index (χ1v) is 11.5. The van der Waals surface area contributed by atoms with Crippen molar-refractivity contribution in [3.63, 3.8) is 0 Å². The molecule has 0 radical (unpaired) electrons. The molecule has 1 saturated carbocycles. The summed E-state index contributed by atoms with van der Waals surface area (Å²) in [7, 11) is 2.17. The number of rotatable bonds is 8. The summed E-state index contributed by atoms with van der Waals surface area (Å²) >= 11 is 0. The zero-order chi connectivity index (χ0) is 23.6. The van der Waals surface area contributed by atoms with Crippen molar-refractivity contribution in [2.24, 2.45) is 5.92 Å². The Bertz CT molecular complexity index is 825. The van der Waals surface area contributed by atoms with Gasteiger partial charge in [0.1, 0.15) is 0 Å². The topological polar surface area (TPSA) is 27.0 Å². The summed E-state index contributed by atoms with van der Waals surface area (Å²) in [6.45, 7) is 4.57. The van der Waals surface area contributed by atoms with Crippen LogP contribution in [-0.4, -0.2) is 24.2 Å². The van der Waals surface area contributed by atoms with Crippen LogP contribution in [0.25, 0.3) is 0 Å². The summed E-state index contributed by atoms with van der Waals surface area (Å²) in [5.41, 5.74) is 3.37. The first-order valence-electron chi connectivity index (χ1n) is 11.5. The van der Waals surface area contributed by atoms with Crippen molar-refractivity contribution >= 4 is 0 Å². The molecule has 3 unspecified atom stereocenters. The molecule has 2 aromatic carbocycles. The average molecular weight is 445 g/mol. The molecular formula is C27H35F3N2. The summed E-state index contributed by atoms with van der Waals surface area (Å²) in [5, 5.41) is 7.32. The van der Waals surface area contributed by atoms with Crippen LogP contribution in [0.15, 0.2) is 54.6 Å². The lowest BCUT2D eigenvalue weighted by Crippen LogP contribution is -2.31. The predicted octanol–water partition coefficient (Wildman–Crippen LogP) is 7.51. The Morgan fingerprint density at radius 3 is 2.22 bits per heavy atom. The monoisotopic (exact) mass is 444 g/mol. The highest BCUT2D eigenvalue weighted by Gasteiger charge is 2.47. The number of benzene rings is 2. The fourth-order valence-corrected chi connectivity index (χ4v) is 4.75. The van der Waals surface area contributed by atoms with Gasteiger partial charge in [-0.25, -0.2) is 0 Å². The summed E-state index contributed by atoms with van der Waals surface area (Å²) in [4.78, 5) is 2.40. The third-order valence-corrected chi connectivity index (χ3v) is 6.48. The second-order valence-electron chi connectivity index (χ2n) is 8.65. The second kappa shape index (κ2) is 12.6. The molecule has 1 aliphatic carbocycles. The Kier molecular flexibility index (Phi) is 10.3. The van der Waals surface area contributed by atoms with Gasteiger partial charge in [-0.1, -0.05) is 67.9 Å². The smallest absolute Gasteiger partial charge is 0.299 e. The molecule has 3 rings (SSSR count). The Morgan fingerprint density at radius 2 is 1.66 bits per heavy atom. The summed E-state index contributed by atoms with van der Waals surface area (Å²) in [5.74, 6) is -1.55. The van der Waals surface area contributed by atoms with E-state index in [1.165, 1.54) is 18.1 Å². The van der Waals surface area contributed by atoms with Gasteiger partial charge in [0, 0.05) is 19.5 Å². The molecule has 0 aromatic heterocycles.